The van der Waals surface area contributed by atoms with Crippen molar-refractivity contribution in [3.8, 4) is 22.9 Å². The van der Waals surface area contributed by atoms with E-state index in [1.54, 1.807) is 4.90 Å². The molecule has 0 saturated heterocycles. The van der Waals surface area contributed by atoms with E-state index < -0.39 is 0 Å². The molecule has 2 heterocycles. The molecule has 2 N–H and O–H groups in total. The number of carbonyl (C=O) groups excluding carboxylic acids is 1. The zero-order valence-corrected chi connectivity index (χ0v) is 20.8. The Morgan fingerprint density at radius 2 is 1.78 bits per heavy atom. The number of rotatable bonds is 6. The van der Waals surface area contributed by atoms with Gasteiger partial charge in [0.05, 0.1) is 12.1 Å². The van der Waals surface area contributed by atoms with Crippen molar-refractivity contribution in [3.63, 3.8) is 0 Å². The maximum Gasteiger partial charge on any atom is 0.262 e. The molecule has 0 aliphatic carbocycles. The summed E-state index contributed by atoms with van der Waals surface area (Å²) in [6.07, 6.45) is 1.82. The van der Waals surface area contributed by atoms with Crippen LogP contribution in [0.25, 0.3) is 11.4 Å². The van der Waals surface area contributed by atoms with Crippen molar-refractivity contribution in [2.45, 2.75) is 32.1 Å². The van der Waals surface area contributed by atoms with E-state index in [0.717, 1.165) is 46.9 Å². The van der Waals surface area contributed by atoms with Crippen LogP contribution in [-0.4, -0.2) is 31.8 Å². The molecule has 6 nitrogen and oxygen atoms in total. The predicted molar refractivity (Wildman–Crippen MR) is 143 cm³/mol. The Hall–Kier alpha value is -3.84. The van der Waals surface area contributed by atoms with Gasteiger partial charge in [0.1, 0.15) is 11.5 Å². The Labute approximate surface area is 214 Å². The van der Waals surface area contributed by atoms with Crippen LogP contribution in [0.1, 0.15) is 39.8 Å². The molecule has 5 rings (SSSR count). The maximum absolute atomic E-state index is 13.5. The number of anilines is 1. The van der Waals surface area contributed by atoms with Crippen LogP contribution in [0.15, 0.2) is 72.8 Å². The molecule has 0 unspecified atom stereocenters. The molecule has 0 radical (unpaired) electrons. The smallest absolute Gasteiger partial charge is 0.262 e. The van der Waals surface area contributed by atoms with E-state index in [4.69, 9.17) is 9.97 Å². The Kier molecular flexibility index (Phi) is 6.91. The lowest BCUT2D eigenvalue weighted by Crippen LogP contribution is -2.30. The molecule has 0 saturated carbocycles. The standard InChI is InChI=1S/C29H27N3O3S/c1-2-25-24-18-36-15-14-26(24)31-28(30-25)20-8-10-21(11-9-20)32(17-19-6-4-3-5-7-19)29(35)23-13-12-22(33)16-27(23)34/h3-13,16,33-34H,2,14-15,17-18H2,1H3. The van der Waals surface area contributed by atoms with Crippen LogP contribution < -0.4 is 4.90 Å². The third-order valence-corrected chi connectivity index (χ3v) is 7.31. The SMILES string of the molecule is CCc1nc(-c2ccc(N(Cc3ccccc3)C(=O)c3ccc(O)cc3O)cc2)nc2c1CSCC2. The molecule has 0 fully saturated rings. The number of fused-ring (bicyclic) bond motifs is 1. The second-order valence-electron chi connectivity index (χ2n) is 8.70. The van der Waals surface area contributed by atoms with Gasteiger partial charge in [-0.15, -0.1) is 0 Å². The Bertz CT molecular complexity index is 1370. The molecule has 7 heteroatoms. The topological polar surface area (TPSA) is 86.6 Å². The number of nitrogens with zero attached hydrogens (tertiary/aromatic N) is 3. The van der Waals surface area contributed by atoms with Crippen molar-refractivity contribution in [1.82, 2.24) is 9.97 Å². The molecule has 0 bridgehead atoms. The Morgan fingerprint density at radius 1 is 1.00 bits per heavy atom. The van der Waals surface area contributed by atoms with Gasteiger partial charge in [0, 0.05) is 40.0 Å². The van der Waals surface area contributed by atoms with Gasteiger partial charge >= 0.3 is 0 Å². The van der Waals surface area contributed by atoms with Crippen LogP contribution in [0.2, 0.25) is 0 Å². The first kappa shape index (κ1) is 23.9. The van der Waals surface area contributed by atoms with Crippen molar-refractivity contribution in [2.24, 2.45) is 0 Å². The number of thioether (sulfide) groups is 1. The molecular weight excluding hydrogens is 470 g/mol. The molecule has 182 valence electrons. The molecule has 1 aliphatic heterocycles. The van der Waals surface area contributed by atoms with E-state index in [1.165, 1.54) is 23.8 Å². The summed E-state index contributed by atoms with van der Waals surface area (Å²) < 4.78 is 0. The van der Waals surface area contributed by atoms with Gasteiger partial charge in [-0.05, 0) is 60.6 Å². The van der Waals surface area contributed by atoms with Gasteiger partial charge in [-0.3, -0.25) is 4.79 Å². The van der Waals surface area contributed by atoms with E-state index >= 15 is 0 Å². The number of carbonyl (C=O) groups is 1. The van der Waals surface area contributed by atoms with E-state index in [0.29, 0.717) is 18.1 Å². The summed E-state index contributed by atoms with van der Waals surface area (Å²) in [5.41, 5.74) is 6.19. The van der Waals surface area contributed by atoms with E-state index in [2.05, 4.69) is 6.92 Å². The summed E-state index contributed by atoms with van der Waals surface area (Å²) in [6.45, 7) is 2.45. The normalized spacial score (nSPS) is 12.7. The third kappa shape index (κ3) is 4.93. The summed E-state index contributed by atoms with van der Waals surface area (Å²) in [5.74, 6) is 2.03. The van der Waals surface area contributed by atoms with Crippen molar-refractivity contribution in [2.75, 3.05) is 10.7 Å². The molecule has 1 aliphatic rings. The summed E-state index contributed by atoms with van der Waals surface area (Å²) in [7, 11) is 0. The number of aryl methyl sites for hydroxylation is 2. The van der Waals surface area contributed by atoms with Gasteiger partial charge in [0.15, 0.2) is 5.82 Å². The molecule has 4 aromatic rings. The van der Waals surface area contributed by atoms with Crippen molar-refractivity contribution < 1.29 is 15.0 Å². The summed E-state index contributed by atoms with van der Waals surface area (Å²) in [6, 6.07) is 21.4. The van der Waals surface area contributed by atoms with Crippen LogP contribution in [0.3, 0.4) is 0 Å². The lowest BCUT2D eigenvalue weighted by atomic mass is 10.1. The number of hydrogen-bond acceptors (Lipinski definition) is 6. The minimum absolute atomic E-state index is 0.0990. The molecule has 0 atom stereocenters. The number of hydrogen-bond donors (Lipinski definition) is 2. The van der Waals surface area contributed by atoms with Gasteiger partial charge in [-0.25, -0.2) is 9.97 Å². The zero-order chi connectivity index (χ0) is 25.1. The molecule has 1 amide bonds. The highest BCUT2D eigenvalue weighted by Gasteiger charge is 2.22. The van der Waals surface area contributed by atoms with E-state index in [9.17, 15) is 15.0 Å². The summed E-state index contributed by atoms with van der Waals surface area (Å²) in [5, 5.41) is 20.0. The van der Waals surface area contributed by atoms with Gasteiger partial charge in [-0.2, -0.15) is 11.8 Å². The fourth-order valence-corrected chi connectivity index (χ4v) is 5.42. The molecule has 3 aromatic carbocycles. The number of benzene rings is 3. The number of amides is 1. The van der Waals surface area contributed by atoms with E-state index in [-0.39, 0.29) is 23.0 Å². The van der Waals surface area contributed by atoms with Crippen LogP contribution in [0.5, 0.6) is 11.5 Å². The predicted octanol–water partition coefficient (Wildman–Crippen LogP) is 5.75. The molecular formula is C29H27N3O3S. The second-order valence-corrected chi connectivity index (χ2v) is 9.81. The largest absolute Gasteiger partial charge is 0.508 e. The van der Waals surface area contributed by atoms with Crippen molar-refractivity contribution >= 4 is 23.4 Å². The van der Waals surface area contributed by atoms with Gasteiger partial charge in [-0.1, -0.05) is 37.3 Å². The summed E-state index contributed by atoms with van der Waals surface area (Å²) >= 11 is 1.93. The number of phenols is 2. The van der Waals surface area contributed by atoms with Crippen LogP contribution in [0, 0.1) is 0 Å². The van der Waals surface area contributed by atoms with Gasteiger partial charge < -0.3 is 15.1 Å². The highest BCUT2D eigenvalue weighted by atomic mass is 32.2. The monoisotopic (exact) mass is 497 g/mol. The third-order valence-electron chi connectivity index (χ3n) is 6.32. The summed E-state index contributed by atoms with van der Waals surface area (Å²) in [4.78, 5) is 24.9. The number of aromatic nitrogens is 2. The first-order valence-corrected chi connectivity index (χ1v) is 13.1. The highest BCUT2D eigenvalue weighted by molar-refractivity contribution is 7.98. The van der Waals surface area contributed by atoms with Crippen LogP contribution in [0.4, 0.5) is 5.69 Å². The fourth-order valence-electron chi connectivity index (χ4n) is 4.40. The fraction of sp³-hybridized carbons (Fsp3) is 0.207. The first-order chi connectivity index (χ1) is 17.5. The maximum atomic E-state index is 13.5. The lowest BCUT2D eigenvalue weighted by Gasteiger charge is -2.24. The van der Waals surface area contributed by atoms with Gasteiger partial charge in [0.25, 0.3) is 5.91 Å². The second kappa shape index (κ2) is 10.4. The van der Waals surface area contributed by atoms with Crippen molar-refractivity contribution in [3.05, 3.63) is 101 Å². The van der Waals surface area contributed by atoms with E-state index in [1.807, 2.05) is 66.4 Å². The van der Waals surface area contributed by atoms with Crippen LogP contribution in [-0.2, 0) is 25.1 Å². The molecule has 36 heavy (non-hydrogen) atoms. The lowest BCUT2D eigenvalue weighted by molar-refractivity contribution is 0.0982. The zero-order valence-electron chi connectivity index (χ0n) is 20.0. The molecule has 1 aromatic heterocycles. The quantitative estimate of drug-likeness (QED) is 0.353. The minimum atomic E-state index is -0.361. The Morgan fingerprint density at radius 3 is 2.50 bits per heavy atom. The first-order valence-electron chi connectivity index (χ1n) is 12.0. The highest BCUT2D eigenvalue weighted by Crippen LogP contribution is 2.31. The molecule has 0 spiro atoms. The van der Waals surface area contributed by atoms with Gasteiger partial charge in [0.2, 0.25) is 0 Å². The number of aromatic hydroxyl groups is 2. The average Bonchev–Trinajstić information content (AvgIpc) is 2.91. The minimum Gasteiger partial charge on any atom is -0.508 e. The Balaban J connectivity index is 1.50. The van der Waals surface area contributed by atoms with Crippen molar-refractivity contribution in [1.29, 1.82) is 0 Å². The average molecular weight is 498 g/mol. The van der Waals surface area contributed by atoms with Crippen LogP contribution >= 0.6 is 11.8 Å². The number of phenolic OH excluding ortho intramolecular Hbond substituents is 2.